The number of para-hydroxylation sites is 1. The maximum Gasteiger partial charge on any atom is 0.138 e. The number of nitrogens with zero attached hydrogens (tertiary/aromatic N) is 4. The highest BCUT2D eigenvalue weighted by Gasteiger charge is 2.27. The lowest BCUT2D eigenvalue weighted by atomic mass is 9.83. The van der Waals surface area contributed by atoms with Crippen molar-refractivity contribution in [2.24, 2.45) is 5.92 Å². The quantitative estimate of drug-likeness (QED) is 0.644. The van der Waals surface area contributed by atoms with E-state index in [2.05, 4.69) is 21.7 Å². The Labute approximate surface area is 159 Å². The van der Waals surface area contributed by atoms with E-state index in [1.165, 1.54) is 12.8 Å². The summed E-state index contributed by atoms with van der Waals surface area (Å²) in [5.41, 5.74) is 2.93. The molecule has 2 aromatic heterocycles. The van der Waals surface area contributed by atoms with Crippen molar-refractivity contribution in [3.63, 3.8) is 0 Å². The van der Waals surface area contributed by atoms with Gasteiger partial charge in [0, 0.05) is 17.8 Å². The van der Waals surface area contributed by atoms with Gasteiger partial charge in [-0.05, 0) is 57.4 Å². The Bertz CT molecular complexity index is 977. The molecule has 1 N–H and O–H groups in total. The minimum Gasteiger partial charge on any atom is -0.385 e. The number of hydrogen-bond donors (Lipinski definition) is 1. The van der Waals surface area contributed by atoms with Crippen LogP contribution < -0.4 is 0 Å². The van der Waals surface area contributed by atoms with E-state index >= 15 is 0 Å². The topological polar surface area (TPSA) is 74.7 Å². The highest BCUT2D eigenvalue weighted by Crippen LogP contribution is 2.39. The summed E-state index contributed by atoms with van der Waals surface area (Å²) in [5.74, 6) is 1.47. The van der Waals surface area contributed by atoms with Gasteiger partial charge in [0.25, 0.3) is 0 Å². The van der Waals surface area contributed by atoms with Crippen LogP contribution in [0.4, 0.5) is 0 Å². The molecule has 0 spiro atoms. The lowest BCUT2D eigenvalue weighted by Crippen LogP contribution is -2.20. The molecule has 0 unspecified atom stereocenters. The van der Waals surface area contributed by atoms with Gasteiger partial charge in [0.05, 0.1) is 23.3 Å². The van der Waals surface area contributed by atoms with Crippen LogP contribution in [0.2, 0.25) is 0 Å². The molecule has 0 aliphatic heterocycles. The van der Waals surface area contributed by atoms with Crippen molar-refractivity contribution in [2.45, 2.75) is 64.0 Å². The van der Waals surface area contributed by atoms with Gasteiger partial charge in [0.1, 0.15) is 17.4 Å². The molecular weight excluding hydrogens is 336 g/mol. The number of aliphatic hydroxyl groups is 1. The number of hydrogen-bond acceptors (Lipinski definition) is 4. The number of nitriles is 1. The number of unbranched alkanes of at least 4 members (excludes halogenated alkanes) is 1. The molecule has 1 aromatic carbocycles. The predicted octanol–water partition coefficient (Wildman–Crippen LogP) is 5.06. The molecule has 0 amide bonds. The van der Waals surface area contributed by atoms with Crippen LogP contribution >= 0.6 is 0 Å². The standard InChI is InChI=1S/C22H26N4O/c1-15(27)22-25-20-14-24-19-8-3-2-7-18(19)21(20)26(22)17-11-9-16(10-12-17)6-4-5-13-23/h2-3,7-8,14-17,27H,4-6,9-12H2,1H3/t15-,16?,17?/m1/s1. The van der Waals surface area contributed by atoms with Crippen LogP contribution in [0.15, 0.2) is 30.5 Å². The third kappa shape index (κ3) is 3.42. The Morgan fingerprint density at radius 3 is 2.74 bits per heavy atom. The molecule has 1 atom stereocenters. The van der Waals surface area contributed by atoms with E-state index in [0.29, 0.717) is 12.5 Å². The Morgan fingerprint density at radius 2 is 2.00 bits per heavy atom. The monoisotopic (exact) mass is 362 g/mol. The fourth-order valence-corrected chi connectivity index (χ4v) is 4.57. The minimum atomic E-state index is -0.607. The van der Waals surface area contributed by atoms with Crippen LogP contribution in [0.25, 0.3) is 21.9 Å². The number of pyridine rings is 1. The number of aromatic nitrogens is 3. The van der Waals surface area contributed by atoms with Crippen molar-refractivity contribution < 1.29 is 5.11 Å². The zero-order chi connectivity index (χ0) is 18.8. The maximum atomic E-state index is 10.4. The average molecular weight is 362 g/mol. The second-order valence-corrected chi connectivity index (χ2v) is 7.75. The Hall–Kier alpha value is -2.45. The van der Waals surface area contributed by atoms with Gasteiger partial charge in [0.15, 0.2) is 0 Å². The first-order valence-corrected chi connectivity index (χ1v) is 9.99. The van der Waals surface area contributed by atoms with E-state index in [0.717, 1.165) is 59.4 Å². The molecule has 1 aliphatic carbocycles. The fraction of sp³-hybridized carbons (Fsp3) is 0.500. The van der Waals surface area contributed by atoms with Crippen molar-refractivity contribution in [3.05, 3.63) is 36.3 Å². The van der Waals surface area contributed by atoms with E-state index in [1.807, 2.05) is 24.4 Å². The zero-order valence-corrected chi connectivity index (χ0v) is 15.8. The minimum absolute atomic E-state index is 0.359. The largest absolute Gasteiger partial charge is 0.385 e. The first-order valence-electron chi connectivity index (χ1n) is 9.99. The summed E-state index contributed by atoms with van der Waals surface area (Å²) in [6.07, 6.45) is 8.60. The second-order valence-electron chi connectivity index (χ2n) is 7.75. The van der Waals surface area contributed by atoms with E-state index in [-0.39, 0.29) is 0 Å². The van der Waals surface area contributed by atoms with E-state index in [4.69, 9.17) is 10.2 Å². The van der Waals surface area contributed by atoms with Crippen LogP contribution in [0.3, 0.4) is 0 Å². The van der Waals surface area contributed by atoms with Gasteiger partial charge in [0.2, 0.25) is 0 Å². The van der Waals surface area contributed by atoms with Crippen molar-refractivity contribution in [2.75, 3.05) is 0 Å². The SMILES string of the molecule is C[C@@H](O)c1nc2cnc3ccccc3c2n1C1CCC(CCCC#N)CC1. The summed E-state index contributed by atoms with van der Waals surface area (Å²) in [5, 5.41) is 20.2. The van der Waals surface area contributed by atoms with Crippen LogP contribution in [-0.4, -0.2) is 19.6 Å². The van der Waals surface area contributed by atoms with Crippen LogP contribution in [0.5, 0.6) is 0 Å². The van der Waals surface area contributed by atoms with E-state index in [1.54, 1.807) is 6.92 Å². The van der Waals surface area contributed by atoms with E-state index < -0.39 is 6.10 Å². The molecule has 5 heteroatoms. The van der Waals surface area contributed by atoms with Crippen molar-refractivity contribution in [1.29, 1.82) is 5.26 Å². The fourth-order valence-electron chi connectivity index (χ4n) is 4.57. The molecule has 0 saturated heterocycles. The Kier molecular flexibility index (Phi) is 5.09. The average Bonchev–Trinajstić information content (AvgIpc) is 3.09. The Balaban J connectivity index is 1.69. The molecule has 3 aromatic rings. The molecule has 4 rings (SSSR count). The first kappa shape index (κ1) is 17.9. The number of fused-ring (bicyclic) bond motifs is 3. The van der Waals surface area contributed by atoms with Crippen molar-refractivity contribution >= 4 is 21.9 Å². The van der Waals surface area contributed by atoms with Crippen molar-refractivity contribution in [1.82, 2.24) is 14.5 Å². The van der Waals surface area contributed by atoms with Crippen molar-refractivity contribution in [3.8, 4) is 6.07 Å². The van der Waals surface area contributed by atoms with Gasteiger partial charge in [-0.2, -0.15) is 5.26 Å². The third-order valence-corrected chi connectivity index (χ3v) is 5.91. The smallest absolute Gasteiger partial charge is 0.138 e. The molecule has 1 aliphatic rings. The highest BCUT2D eigenvalue weighted by molar-refractivity contribution is 6.02. The van der Waals surface area contributed by atoms with Gasteiger partial charge in [-0.15, -0.1) is 0 Å². The lowest BCUT2D eigenvalue weighted by molar-refractivity contribution is 0.174. The molecule has 0 radical (unpaired) electrons. The Morgan fingerprint density at radius 1 is 1.22 bits per heavy atom. The third-order valence-electron chi connectivity index (χ3n) is 5.91. The zero-order valence-electron chi connectivity index (χ0n) is 15.8. The highest BCUT2D eigenvalue weighted by atomic mass is 16.3. The first-order chi connectivity index (χ1) is 13.2. The molecule has 1 fully saturated rings. The number of imidazole rings is 1. The lowest BCUT2D eigenvalue weighted by Gasteiger charge is -2.31. The van der Waals surface area contributed by atoms with E-state index in [9.17, 15) is 5.11 Å². The molecule has 2 heterocycles. The summed E-state index contributed by atoms with van der Waals surface area (Å²) < 4.78 is 2.29. The normalized spacial score (nSPS) is 21.4. The predicted molar refractivity (Wildman–Crippen MR) is 106 cm³/mol. The van der Waals surface area contributed by atoms with Gasteiger partial charge < -0.3 is 9.67 Å². The van der Waals surface area contributed by atoms with Gasteiger partial charge in [-0.3, -0.25) is 4.98 Å². The molecule has 0 bridgehead atoms. The molecular formula is C22H26N4O. The van der Waals surface area contributed by atoms with Gasteiger partial charge >= 0.3 is 0 Å². The van der Waals surface area contributed by atoms with Gasteiger partial charge in [-0.25, -0.2) is 4.98 Å². The summed E-state index contributed by atoms with van der Waals surface area (Å²) in [4.78, 5) is 9.27. The number of aliphatic hydroxyl groups excluding tert-OH is 1. The second kappa shape index (κ2) is 7.66. The molecule has 140 valence electrons. The summed E-state index contributed by atoms with van der Waals surface area (Å²) >= 11 is 0. The molecule has 1 saturated carbocycles. The molecule has 5 nitrogen and oxygen atoms in total. The molecule has 27 heavy (non-hydrogen) atoms. The maximum absolute atomic E-state index is 10.4. The number of benzene rings is 1. The van der Waals surface area contributed by atoms with Crippen LogP contribution in [0.1, 0.15) is 69.8 Å². The van der Waals surface area contributed by atoms with Crippen LogP contribution in [-0.2, 0) is 0 Å². The number of rotatable bonds is 5. The van der Waals surface area contributed by atoms with Crippen LogP contribution in [0, 0.1) is 17.2 Å². The summed E-state index contributed by atoms with van der Waals surface area (Å²) in [6.45, 7) is 1.79. The summed E-state index contributed by atoms with van der Waals surface area (Å²) in [6, 6.07) is 10.8. The van der Waals surface area contributed by atoms with Gasteiger partial charge in [-0.1, -0.05) is 18.2 Å². The summed E-state index contributed by atoms with van der Waals surface area (Å²) in [7, 11) is 0.